The molecule has 0 saturated heterocycles. The molecule has 1 aromatic carbocycles. The highest BCUT2D eigenvalue weighted by Crippen LogP contribution is 2.27. The summed E-state index contributed by atoms with van der Waals surface area (Å²) in [4.78, 5) is 2.78. The number of aliphatic hydroxyl groups excluding tert-OH is 1. The van der Waals surface area contributed by atoms with Crippen LogP contribution >= 0.6 is 11.3 Å². The topological polar surface area (TPSA) is 32.3 Å². The summed E-state index contributed by atoms with van der Waals surface area (Å²) in [6.07, 6.45) is 1.83. The first-order chi connectivity index (χ1) is 9.74. The maximum Gasteiger partial charge on any atom is 0.0449 e. The zero-order valence-electron chi connectivity index (χ0n) is 12.2. The van der Waals surface area contributed by atoms with Crippen LogP contribution in [0.15, 0.2) is 42.5 Å². The van der Waals surface area contributed by atoms with Crippen LogP contribution in [0.2, 0.25) is 0 Å². The molecule has 0 fully saturated rings. The Morgan fingerprint density at radius 1 is 1.15 bits per heavy atom. The van der Waals surface area contributed by atoms with Crippen molar-refractivity contribution in [3.63, 3.8) is 0 Å². The van der Waals surface area contributed by atoms with Gasteiger partial charge in [0.1, 0.15) is 0 Å². The van der Waals surface area contributed by atoms with Crippen LogP contribution in [0, 0.1) is 0 Å². The Morgan fingerprint density at radius 3 is 2.50 bits per heavy atom. The van der Waals surface area contributed by atoms with E-state index in [0.29, 0.717) is 6.04 Å². The first-order valence-electron chi connectivity index (χ1n) is 7.25. The maximum atomic E-state index is 9.29. The minimum Gasteiger partial charge on any atom is -0.396 e. The highest BCUT2D eigenvalue weighted by molar-refractivity contribution is 7.12. The molecule has 0 spiro atoms. The van der Waals surface area contributed by atoms with Gasteiger partial charge in [-0.15, -0.1) is 11.3 Å². The van der Waals surface area contributed by atoms with E-state index in [9.17, 15) is 5.11 Å². The summed E-state index contributed by atoms with van der Waals surface area (Å²) < 4.78 is 0. The second-order valence-corrected chi connectivity index (χ2v) is 6.22. The van der Waals surface area contributed by atoms with Gasteiger partial charge >= 0.3 is 0 Å². The van der Waals surface area contributed by atoms with Crippen molar-refractivity contribution in [1.29, 1.82) is 0 Å². The van der Waals surface area contributed by atoms with Gasteiger partial charge < -0.3 is 10.4 Å². The Hall–Kier alpha value is -1.16. The van der Waals surface area contributed by atoms with Crippen LogP contribution in [0.4, 0.5) is 0 Å². The van der Waals surface area contributed by atoms with Gasteiger partial charge in [-0.3, -0.25) is 0 Å². The molecule has 3 heteroatoms. The number of benzene rings is 1. The first kappa shape index (κ1) is 15.2. The number of aliphatic hydroxyl groups is 1. The molecule has 20 heavy (non-hydrogen) atoms. The van der Waals surface area contributed by atoms with E-state index in [1.165, 1.54) is 15.3 Å². The molecule has 2 aromatic rings. The monoisotopic (exact) mass is 289 g/mol. The summed E-state index contributed by atoms with van der Waals surface area (Å²) in [6.45, 7) is 4.58. The molecular formula is C17H23NOS. The average Bonchev–Trinajstić information content (AvgIpc) is 2.97. The van der Waals surface area contributed by atoms with Crippen LogP contribution in [0.3, 0.4) is 0 Å². The van der Waals surface area contributed by atoms with E-state index in [1.807, 2.05) is 29.5 Å². The van der Waals surface area contributed by atoms with E-state index in [4.69, 9.17) is 0 Å². The molecule has 0 aliphatic carbocycles. The third-order valence-electron chi connectivity index (χ3n) is 3.53. The summed E-state index contributed by atoms with van der Waals surface area (Å²) in [5.41, 5.74) is 1.24. The number of aryl methyl sites for hydroxylation is 1. The Morgan fingerprint density at radius 2 is 1.90 bits per heavy atom. The van der Waals surface area contributed by atoms with Crippen LogP contribution < -0.4 is 5.32 Å². The maximum absolute atomic E-state index is 9.29. The Balaban J connectivity index is 2.07. The summed E-state index contributed by atoms with van der Waals surface area (Å²) in [5, 5.41) is 12.9. The van der Waals surface area contributed by atoms with E-state index in [2.05, 4.69) is 43.4 Å². The predicted octanol–water partition coefficient (Wildman–Crippen LogP) is 4.08. The molecular weight excluding hydrogens is 266 g/mol. The highest BCUT2D eigenvalue weighted by Gasteiger charge is 2.16. The van der Waals surface area contributed by atoms with Crippen molar-refractivity contribution >= 4 is 11.3 Å². The third kappa shape index (κ3) is 3.92. The average molecular weight is 289 g/mol. The van der Waals surface area contributed by atoms with E-state index in [-0.39, 0.29) is 12.6 Å². The number of nitrogens with one attached hydrogen (secondary N) is 1. The smallest absolute Gasteiger partial charge is 0.0449 e. The summed E-state index contributed by atoms with van der Waals surface area (Å²) in [6, 6.07) is 15.3. The van der Waals surface area contributed by atoms with Gasteiger partial charge in [-0.1, -0.05) is 37.3 Å². The molecule has 2 N–H and O–H groups in total. The van der Waals surface area contributed by atoms with Crippen molar-refractivity contribution in [2.24, 2.45) is 0 Å². The van der Waals surface area contributed by atoms with Crippen LogP contribution in [0.5, 0.6) is 0 Å². The quantitative estimate of drug-likeness (QED) is 0.805. The molecule has 0 amide bonds. The number of rotatable bonds is 7. The molecule has 0 aliphatic rings. The third-order valence-corrected chi connectivity index (χ3v) is 4.94. The van der Waals surface area contributed by atoms with Gasteiger partial charge in [-0.2, -0.15) is 0 Å². The molecule has 0 aliphatic heterocycles. The van der Waals surface area contributed by atoms with Gasteiger partial charge in [0.2, 0.25) is 0 Å². The fourth-order valence-electron chi connectivity index (χ4n) is 2.36. The van der Waals surface area contributed by atoms with Crippen molar-refractivity contribution < 1.29 is 5.11 Å². The van der Waals surface area contributed by atoms with Gasteiger partial charge in [0.05, 0.1) is 0 Å². The van der Waals surface area contributed by atoms with E-state index < -0.39 is 0 Å². The largest absolute Gasteiger partial charge is 0.396 e. The van der Waals surface area contributed by atoms with Crippen LogP contribution in [0.25, 0.3) is 0 Å². The second kappa shape index (κ2) is 7.58. The highest BCUT2D eigenvalue weighted by atomic mass is 32.1. The zero-order valence-corrected chi connectivity index (χ0v) is 13.0. The lowest BCUT2D eigenvalue weighted by Gasteiger charge is -2.22. The molecule has 2 nitrogen and oxygen atoms in total. The first-order valence-corrected chi connectivity index (χ1v) is 8.06. The lowest BCUT2D eigenvalue weighted by atomic mass is 10.0. The molecule has 2 rings (SSSR count). The zero-order chi connectivity index (χ0) is 14.4. The summed E-state index contributed by atoms with van der Waals surface area (Å²) >= 11 is 1.87. The minimum absolute atomic E-state index is 0.198. The number of hydrogen-bond donors (Lipinski definition) is 2. The summed E-state index contributed by atoms with van der Waals surface area (Å²) in [7, 11) is 0. The van der Waals surface area contributed by atoms with Gasteiger partial charge in [0.25, 0.3) is 0 Å². The predicted molar refractivity (Wildman–Crippen MR) is 86.1 cm³/mol. The van der Waals surface area contributed by atoms with Crippen LogP contribution in [0.1, 0.15) is 47.7 Å². The van der Waals surface area contributed by atoms with E-state index in [1.54, 1.807) is 0 Å². The second-order valence-electron chi connectivity index (χ2n) is 5.02. The van der Waals surface area contributed by atoms with Crippen molar-refractivity contribution in [2.75, 3.05) is 6.61 Å². The van der Waals surface area contributed by atoms with Gasteiger partial charge in [-0.05, 0) is 37.5 Å². The molecule has 0 saturated carbocycles. The molecule has 1 heterocycles. The standard InChI is InChI=1S/C17H23NOS/c1-3-15-9-10-17(20-15)13(2)18-16(11-12-19)14-7-5-4-6-8-14/h4-10,13,16,18-19H,3,11-12H2,1-2H3/t13?,16-/m1/s1. The molecule has 1 unspecified atom stereocenters. The van der Waals surface area contributed by atoms with Crippen molar-refractivity contribution in [3.05, 3.63) is 57.8 Å². The Labute approximate surface area is 125 Å². The molecule has 108 valence electrons. The molecule has 2 atom stereocenters. The number of hydrogen-bond acceptors (Lipinski definition) is 3. The van der Waals surface area contributed by atoms with Crippen molar-refractivity contribution in [2.45, 2.75) is 38.8 Å². The van der Waals surface area contributed by atoms with Gasteiger partial charge in [0, 0.05) is 28.4 Å². The van der Waals surface area contributed by atoms with Crippen LogP contribution in [-0.4, -0.2) is 11.7 Å². The lowest BCUT2D eigenvalue weighted by Crippen LogP contribution is -2.25. The van der Waals surface area contributed by atoms with E-state index >= 15 is 0 Å². The Bertz CT molecular complexity index is 509. The fraction of sp³-hybridized carbons (Fsp3) is 0.412. The minimum atomic E-state index is 0.198. The molecule has 1 aromatic heterocycles. The van der Waals surface area contributed by atoms with E-state index in [0.717, 1.165) is 12.8 Å². The lowest BCUT2D eigenvalue weighted by molar-refractivity contribution is 0.260. The normalized spacial score (nSPS) is 14.2. The molecule has 0 radical (unpaired) electrons. The molecule has 0 bridgehead atoms. The SMILES string of the molecule is CCc1ccc(C(C)N[C@H](CCO)c2ccccc2)s1. The van der Waals surface area contributed by atoms with Gasteiger partial charge in [-0.25, -0.2) is 0 Å². The van der Waals surface area contributed by atoms with Gasteiger partial charge in [0.15, 0.2) is 0 Å². The number of thiophene rings is 1. The Kier molecular flexibility index (Phi) is 5.77. The summed E-state index contributed by atoms with van der Waals surface area (Å²) in [5.74, 6) is 0. The van der Waals surface area contributed by atoms with Crippen LogP contribution in [-0.2, 0) is 6.42 Å². The van der Waals surface area contributed by atoms with Crippen molar-refractivity contribution in [1.82, 2.24) is 5.32 Å². The fourth-order valence-corrected chi connectivity index (χ4v) is 3.33. The van der Waals surface area contributed by atoms with Crippen molar-refractivity contribution in [3.8, 4) is 0 Å².